The molecule has 64 heavy (non-hydrogen) atoms. The second-order valence-electron chi connectivity index (χ2n) is 16.5. The van der Waals surface area contributed by atoms with Gasteiger partial charge < -0.3 is 9.47 Å². The lowest BCUT2D eigenvalue weighted by Crippen LogP contribution is -2.10. The van der Waals surface area contributed by atoms with Crippen LogP contribution >= 0.6 is 0 Å². The van der Waals surface area contributed by atoms with Crippen LogP contribution in [-0.4, -0.2) is 4.57 Å². The molecule has 12 rings (SSSR count). The Balaban J connectivity index is 1.02. The van der Waals surface area contributed by atoms with Crippen molar-refractivity contribution in [1.29, 1.82) is 0 Å². The van der Waals surface area contributed by atoms with Gasteiger partial charge in [0.2, 0.25) is 0 Å². The van der Waals surface area contributed by atoms with E-state index < -0.39 is 0 Å². The fourth-order valence-corrected chi connectivity index (χ4v) is 9.69. The van der Waals surface area contributed by atoms with E-state index in [0.29, 0.717) is 0 Å². The molecule has 0 spiro atoms. The third kappa shape index (κ3) is 6.61. The summed E-state index contributed by atoms with van der Waals surface area (Å²) in [6.07, 6.45) is 0. The summed E-state index contributed by atoms with van der Waals surface area (Å²) < 4.78 is 2.42. The van der Waals surface area contributed by atoms with E-state index in [-0.39, 0.29) is 0 Å². The lowest BCUT2D eigenvalue weighted by atomic mass is 9.93. The van der Waals surface area contributed by atoms with Crippen molar-refractivity contribution in [1.82, 2.24) is 4.57 Å². The molecule has 1 aromatic heterocycles. The lowest BCUT2D eigenvalue weighted by Gasteiger charge is -2.27. The van der Waals surface area contributed by atoms with Crippen LogP contribution in [0.4, 0.5) is 17.1 Å². The largest absolute Gasteiger partial charge is 0.310 e. The summed E-state index contributed by atoms with van der Waals surface area (Å²) >= 11 is 0. The highest BCUT2D eigenvalue weighted by Crippen LogP contribution is 2.44. The average molecular weight is 815 g/mol. The minimum atomic E-state index is 1.09. The molecule has 0 saturated heterocycles. The molecule has 0 atom stereocenters. The van der Waals surface area contributed by atoms with E-state index in [2.05, 4.69) is 264 Å². The fraction of sp³-hybridized carbons (Fsp3) is 0. The number of fused-ring (bicyclic) bond motifs is 6. The number of hydrogen-bond acceptors (Lipinski definition) is 1. The smallest absolute Gasteiger partial charge is 0.0547 e. The van der Waals surface area contributed by atoms with E-state index in [9.17, 15) is 0 Å². The minimum Gasteiger partial charge on any atom is -0.310 e. The zero-order valence-electron chi connectivity index (χ0n) is 35.1. The maximum absolute atomic E-state index is 2.42. The van der Waals surface area contributed by atoms with Crippen molar-refractivity contribution in [2.24, 2.45) is 0 Å². The Morgan fingerprint density at radius 2 is 0.781 bits per heavy atom. The molecule has 0 aliphatic carbocycles. The number of rotatable bonds is 8. The van der Waals surface area contributed by atoms with Gasteiger partial charge in [0.1, 0.15) is 0 Å². The van der Waals surface area contributed by atoms with Gasteiger partial charge in [-0.2, -0.15) is 0 Å². The first-order chi connectivity index (χ1) is 31.7. The molecule has 0 unspecified atom stereocenters. The van der Waals surface area contributed by atoms with Crippen LogP contribution in [0.5, 0.6) is 0 Å². The van der Waals surface area contributed by atoms with Crippen molar-refractivity contribution in [3.63, 3.8) is 0 Å². The second-order valence-corrected chi connectivity index (χ2v) is 16.5. The molecule has 2 heteroatoms. The Kier molecular flexibility index (Phi) is 9.20. The number of nitrogens with zero attached hydrogens (tertiary/aromatic N) is 2. The molecular formula is C62H42N2. The first-order valence-corrected chi connectivity index (χ1v) is 22.0. The van der Waals surface area contributed by atoms with Crippen LogP contribution in [0.25, 0.3) is 93.5 Å². The summed E-state index contributed by atoms with van der Waals surface area (Å²) in [5.74, 6) is 0. The Morgan fingerprint density at radius 3 is 1.48 bits per heavy atom. The summed E-state index contributed by atoms with van der Waals surface area (Å²) in [4.78, 5) is 2.40. The van der Waals surface area contributed by atoms with Crippen LogP contribution in [0.2, 0.25) is 0 Å². The van der Waals surface area contributed by atoms with Gasteiger partial charge in [-0.15, -0.1) is 0 Å². The summed E-state index contributed by atoms with van der Waals surface area (Å²) in [7, 11) is 0. The average Bonchev–Trinajstić information content (AvgIpc) is 3.73. The molecular weight excluding hydrogens is 773 g/mol. The van der Waals surface area contributed by atoms with E-state index in [1.54, 1.807) is 0 Å². The van der Waals surface area contributed by atoms with Crippen molar-refractivity contribution in [3.8, 4) is 50.2 Å². The molecule has 0 saturated carbocycles. The molecule has 300 valence electrons. The third-order valence-corrected chi connectivity index (χ3v) is 12.7. The standard InChI is InChI=1S/C62H42N2/c1-4-16-43(17-5-1)50-38-51(44-18-6-2-7-19-44)40-52(39-50)46-30-34-54(35-31-46)63(56-36-32-45-20-10-11-22-48(45)41-56)55-26-14-23-49(42-55)58-28-15-29-59-62(58)61-57-27-13-12-21-47(57)33-37-60(61)64(59)53-24-8-3-9-25-53/h1-42H. The highest BCUT2D eigenvalue weighted by Gasteiger charge is 2.20. The summed E-state index contributed by atoms with van der Waals surface area (Å²) in [5.41, 5.74) is 16.3. The van der Waals surface area contributed by atoms with E-state index in [1.165, 1.54) is 82.3 Å². The van der Waals surface area contributed by atoms with Gasteiger partial charge >= 0.3 is 0 Å². The maximum atomic E-state index is 2.42. The van der Waals surface area contributed by atoms with Crippen LogP contribution in [0.3, 0.4) is 0 Å². The van der Waals surface area contributed by atoms with Crippen molar-refractivity contribution in [3.05, 3.63) is 255 Å². The van der Waals surface area contributed by atoms with E-state index >= 15 is 0 Å². The highest BCUT2D eigenvalue weighted by atomic mass is 15.1. The van der Waals surface area contributed by atoms with Crippen LogP contribution in [0, 0.1) is 0 Å². The Labute approximate surface area is 373 Å². The van der Waals surface area contributed by atoms with E-state index in [4.69, 9.17) is 0 Å². The van der Waals surface area contributed by atoms with Crippen molar-refractivity contribution >= 4 is 60.4 Å². The fourth-order valence-electron chi connectivity index (χ4n) is 9.69. The van der Waals surface area contributed by atoms with Crippen LogP contribution in [0.15, 0.2) is 255 Å². The first kappa shape index (κ1) is 37.3. The monoisotopic (exact) mass is 814 g/mol. The van der Waals surface area contributed by atoms with Crippen LogP contribution < -0.4 is 4.90 Å². The SMILES string of the molecule is c1ccc(-c2cc(-c3ccccc3)cc(-c3ccc(N(c4cccc(-c5cccc6c5c5c7ccccc7ccc5n6-c5ccccc5)c4)c4ccc5ccccc5c4)cc3)c2)cc1. The summed E-state index contributed by atoms with van der Waals surface area (Å²) in [6.45, 7) is 0. The number of anilines is 3. The topological polar surface area (TPSA) is 8.17 Å². The normalized spacial score (nSPS) is 11.4. The predicted octanol–water partition coefficient (Wildman–Crippen LogP) is 17.2. The molecule has 0 aliphatic rings. The number of aromatic nitrogens is 1. The molecule has 0 radical (unpaired) electrons. The Bertz CT molecular complexity index is 3590. The van der Waals surface area contributed by atoms with E-state index in [1.807, 2.05) is 0 Å². The number of hydrogen-bond donors (Lipinski definition) is 0. The van der Waals surface area contributed by atoms with Gasteiger partial charge in [0, 0.05) is 33.5 Å². The molecule has 12 aromatic rings. The lowest BCUT2D eigenvalue weighted by molar-refractivity contribution is 1.18. The molecule has 0 aliphatic heterocycles. The van der Waals surface area contributed by atoms with Gasteiger partial charge in [-0.3, -0.25) is 0 Å². The second kappa shape index (κ2) is 15.8. The van der Waals surface area contributed by atoms with Crippen LogP contribution in [-0.2, 0) is 0 Å². The highest BCUT2D eigenvalue weighted by molar-refractivity contribution is 6.25. The molecule has 0 N–H and O–H groups in total. The van der Waals surface area contributed by atoms with Gasteiger partial charge in [-0.1, -0.05) is 176 Å². The third-order valence-electron chi connectivity index (χ3n) is 12.7. The molecule has 0 bridgehead atoms. The van der Waals surface area contributed by atoms with Gasteiger partial charge in [0.15, 0.2) is 0 Å². The number of benzene rings is 11. The molecule has 0 amide bonds. The minimum absolute atomic E-state index is 1.09. The van der Waals surface area contributed by atoms with E-state index in [0.717, 1.165) is 28.3 Å². The summed E-state index contributed by atoms with van der Waals surface area (Å²) in [5, 5.41) is 7.44. The van der Waals surface area contributed by atoms with Gasteiger partial charge in [-0.05, 0) is 145 Å². The Morgan fingerprint density at radius 1 is 0.266 bits per heavy atom. The van der Waals surface area contributed by atoms with Gasteiger partial charge in [0.25, 0.3) is 0 Å². The number of para-hydroxylation sites is 1. The van der Waals surface area contributed by atoms with Crippen molar-refractivity contribution < 1.29 is 0 Å². The van der Waals surface area contributed by atoms with Gasteiger partial charge in [-0.25, -0.2) is 0 Å². The summed E-state index contributed by atoms with van der Waals surface area (Å²) in [6, 6.07) is 92.7. The zero-order valence-corrected chi connectivity index (χ0v) is 35.1. The predicted molar refractivity (Wildman–Crippen MR) is 272 cm³/mol. The Hall–Kier alpha value is -8.46. The zero-order chi connectivity index (χ0) is 42.4. The molecule has 11 aromatic carbocycles. The first-order valence-electron chi connectivity index (χ1n) is 22.0. The quantitative estimate of drug-likeness (QED) is 0.148. The van der Waals surface area contributed by atoms with Crippen LogP contribution in [0.1, 0.15) is 0 Å². The van der Waals surface area contributed by atoms with Crippen molar-refractivity contribution in [2.45, 2.75) is 0 Å². The van der Waals surface area contributed by atoms with Gasteiger partial charge in [0.05, 0.1) is 11.0 Å². The molecule has 1 heterocycles. The molecule has 2 nitrogen and oxygen atoms in total. The molecule has 0 fully saturated rings. The maximum Gasteiger partial charge on any atom is 0.0547 e. The van der Waals surface area contributed by atoms with Crippen molar-refractivity contribution in [2.75, 3.05) is 4.90 Å².